The molecule has 3 N–H and O–H groups in total. The van der Waals surface area contributed by atoms with Crippen molar-refractivity contribution in [2.45, 2.75) is 20.3 Å². The summed E-state index contributed by atoms with van der Waals surface area (Å²) in [5.74, 6) is -0.435. The van der Waals surface area contributed by atoms with Gasteiger partial charge in [0.2, 0.25) is 5.91 Å². The van der Waals surface area contributed by atoms with Gasteiger partial charge in [-0.3, -0.25) is 14.4 Å². The van der Waals surface area contributed by atoms with Crippen LogP contribution in [0.25, 0.3) is 11.3 Å². The number of anilines is 3. The van der Waals surface area contributed by atoms with E-state index in [1.807, 2.05) is 86.6 Å². The van der Waals surface area contributed by atoms with E-state index >= 15 is 0 Å². The largest absolute Gasteiger partial charge is 0.354 e. The van der Waals surface area contributed by atoms with Crippen LogP contribution in [0.4, 0.5) is 17.1 Å². The Bertz CT molecular complexity index is 1380. The molecule has 0 bridgehead atoms. The lowest BCUT2D eigenvalue weighted by molar-refractivity contribution is -0.116. The van der Waals surface area contributed by atoms with Crippen LogP contribution in [-0.2, 0) is 9.59 Å². The summed E-state index contributed by atoms with van der Waals surface area (Å²) in [6, 6.07) is 22.5. The molecule has 0 radical (unpaired) electrons. The summed E-state index contributed by atoms with van der Waals surface area (Å²) in [6.45, 7) is 5.49. The van der Waals surface area contributed by atoms with Crippen molar-refractivity contribution in [3.63, 3.8) is 0 Å². The number of carbonyl (C=O) groups excluding carboxylic acids is 3. The van der Waals surface area contributed by atoms with Crippen molar-refractivity contribution in [2.24, 2.45) is 0 Å². The van der Waals surface area contributed by atoms with Crippen molar-refractivity contribution in [1.82, 2.24) is 10.2 Å². The number of rotatable bonds is 10. The summed E-state index contributed by atoms with van der Waals surface area (Å²) in [7, 11) is 3.95. The van der Waals surface area contributed by atoms with E-state index < -0.39 is 0 Å². The first-order valence-electron chi connectivity index (χ1n) is 13.1. The van der Waals surface area contributed by atoms with Gasteiger partial charge < -0.3 is 25.8 Å². The second-order valence-electron chi connectivity index (χ2n) is 9.73. The van der Waals surface area contributed by atoms with Gasteiger partial charge in [-0.15, -0.1) is 0 Å². The fourth-order valence-electron chi connectivity index (χ4n) is 4.42. The number of carbonyl (C=O) groups is 3. The van der Waals surface area contributed by atoms with Gasteiger partial charge in [0.25, 0.3) is 11.8 Å². The van der Waals surface area contributed by atoms with Crippen LogP contribution in [0.3, 0.4) is 0 Å². The number of fused-ring (bicyclic) bond motifs is 1. The lowest BCUT2D eigenvalue weighted by atomic mass is 9.99. The van der Waals surface area contributed by atoms with Crippen molar-refractivity contribution in [1.29, 1.82) is 0 Å². The minimum Gasteiger partial charge on any atom is -0.354 e. The number of likely N-dealkylation sites (N-methyl/N-ethyl adjacent to an activating group) is 1. The molecule has 3 amide bonds. The highest BCUT2D eigenvalue weighted by atomic mass is 16.2. The van der Waals surface area contributed by atoms with Crippen molar-refractivity contribution >= 4 is 46.1 Å². The van der Waals surface area contributed by atoms with Gasteiger partial charge in [0.15, 0.2) is 0 Å². The first kappa shape index (κ1) is 27.6. The van der Waals surface area contributed by atoms with E-state index in [9.17, 15) is 14.4 Å². The lowest BCUT2D eigenvalue weighted by Gasteiger charge is -2.23. The average Bonchev–Trinajstić information content (AvgIpc) is 3.26. The molecule has 0 saturated heterocycles. The fourth-order valence-corrected chi connectivity index (χ4v) is 4.42. The van der Waals surface area contributed by atoms with Crippen LogP contribution in [0.1, 0.15) is 41.8 Å². The average molecular weight is 526 g/mol. The smallest absolute Gasteiger partial charge is 0.258 e. The monoisotopic (exact) mass is 525 g/mol. The zero-order valence-corrected chi connectivity index (χ0v) is 22.9. The summed E-state index contributed by atoms with van der Waals surface area (Å²) in [4.78, 5) is 41.8. The molecule has 0 fully saturated rings. The Morgan fingerprint density at radius 2 is 1.62 bits per heavy atom. The highest BCUT2D eigenvalue weighted by Gasteiger charge is 2.29. The summed E-state index contributed by atoms with van der Waals surface area (Å²) in [6.07, 6.45) is 0.844. The van der Waals surface area contributed by atoms with Gasteiger partial charge in [0.05, 0.1) is 11.3 Å². The van der Waals surface area contributed by atoms with E-state index in [2.05, 4.69) is 16.0 Å². The van der Waals surface area contributed by atoms with E-state index in [1.165, 1.54) is 0 Å². The van der Waals surface area contributed by atoms with E-state index in [4.69, 9.17) is 0 Å². The van der Waals surface area contributed by atoms with Crippen LogP contribution in [0.2, 0.25) is 0 Å². The summed E-state index contributed by atoms with van der Waals surface area (Å²) < 4.78 is 0. The molecule has 0 aliphatic carbocycles. The molecule has 4 rings (SSSR count). The zero-order chi connectivity index (χ0) is 27.9. The van der Waals surface area contributed by atoms with E-state index in [0.29, 0.717) is 35.6 Å². The molecule has 1 aliphatic heterocycles. The van der Waals surface area contributed by atoms with Crippen molar-refractivity contribution in [3.8, 4) is 0 Å². The van der Waals surface area contributed by atoms with Crippen molar-refractivity contribution < 1.29 is 14.4 Å². The van der Waals surface area contributed by atoms with Gasteiger partial charge in [-0.1, -0.05) is 43.3 Å². The Kier molecular flexibility index (Phi) is 8.78. The number of nitrogens with zero attached hydrogens (tertiary/aromatic N) is 2. The second kappa shape index (κ2) is 12.4. The standard InChI is InChI=1S/C31H35N5O3/c1-5-17-32-30(38)23-11-16-26-27(20-23)34-31(39)28(26)29(22-9-7-6-8-10-22)33-24-12-14-25(15-13-24)36(21(2)37)19-18-35(3)4/h6-16,20,33H,5,17-19H2,1-4H3,(H,32,38)(H,34,39)/b29-28-. The third-order valence-electron chi connectivity index (χ3n) is 6.47. The number of hydrogen-bond donors (Lipinski definition) is 3. The summed E-state index contributed by atoms with van der Waals surface area (Å²) in [5.41, 5.74) is 5.40. The Balaban J connectivity index is 1.69. The maximum Gasteiger partial charge on any atom is 0.258 e. The Hall–Kier alpha value is -4.43. The number of amides is 3. The molecule has 3 aromatic rings. The molecule has 0 atom stereocenters. The molecule has 39 heavy (non-hydrogen) atoms. The van der Waals surface area contributed by atoms with Crippen molar-refractivity contribution in [2.75, 3.05) is 49.3 Å². The molecule has 0 aromatic heterocycles. The van der Waals surface area contributed by atoms with E-state index in [-0.39, 0.29) is 17.7 Å². The maximum absolute atomic E-state index is 13.3. The third kappa shape index (κ3) is 6.53. The Labute approximate surface area is 229 Å². The Morgan fingerprint density at radius 3 is 2.26 bits per heavy atom. The number of benzene rings is 3. The van der Waals surface area contributed by atoms with E-state index in [1.54, 1.807) is 24.0 Å². The molecule has 1 heterocycles. The summed E-state index contributed by atoms with van der Waals surface area (Å²) in [5, 5.41) is 9.25. The molecule has 8 nitrogen and oxygen atoms in total. The van der Waals surface area contributed by atoms with Gasteiger partial charge in [-0.05, 0) is 62.5 Å². The molecular formula is C31H35N5O3. The van der Waals surface area contributed by atoms with Gasteiger partial charge in [0, 0.05) is 54.7 Å². The molecule has 0 saturated carbocycles. The lowest BCUT2D eigenvalue weighted by Crippen LogP contribution is -2.35. The number of hydrogen-bond acceptors (Lipinski definition) is 5. The molecule has 0 unspecified atom stereocenters. The quantitative estimate of drug-likeness (QED) is 0.335. The molecule has 1 aliphatic rings. The molecular weight excluding hydrogens is 490 g/mol. The Morgan fingerprint density at radius 1 is 0.897 bits per heavy atom. The molecule has 3 aromatic carbocycles. The molecule has 0 spiro atoms. The van der Waals surface area contributed by atoms with Gasteiger partial charge in [-0.25, -0.2) is 0 Å². The topological polar surface area (TPSA) is 93.8 Å². The van der Waals surface area contributed by atoms with Crippen LogP contribution in [0.5, 0.6) is 0 Å². The zero-order valence-electron chi connectivity index (χ0n) is 22.9. The SMILES string of the molecule is CCCNC(=O)c1ccc2c(c1)NC(=O)/C2=C(\Nc1ccc(N(CCN(C)C)C(C)=O)cc1)c1ccccc1. The van der Waals surface area contributed by atoms with Crippen LogP contribution in [-0.4, -0.2) is 56.4 Å². The predicted octanol–water partition coefficient (Wildman–Crippen LogP) is 4.67. The first-order valence-corrected chi connectivity index (χ1v) is 13.1. The third-order valence-corrected chi connectivity index (χ3v) is 6.47. The van der Waals surface area contributed by atoms with E-state index in [0.717, 1.165) is 35.5 Å². The first-order chi connectivity index (χ1) is 18.8. The van der Waals surface area contributed by atoms with Crippen LogP contribution < -0.4 is 20.9 Å². The van der Waals surface area contributed by atoms with Crippen LogP contribution in [0, 0.1) is 0 Å². The second-order valence-corrected chi connectivity index (χ2v) is 9.73. The van der Waals surface area contributed by atoms with Gasteiger partial charge in [-0.2, -0.15) is 0 Å². The molecule has 202 valence electrons. The minimum absolute atomic E-state index is 0.0216. The van der Waals surface area contributed by atoms with Gasteiger partial charge in [0.1, 0.15) is 0 Å². The van der Waals surface area contributed by atoms with Crippen molar-refractivity contribution in [3.05, 3.63) is 89.5 Å². The maximum atomic E-state index is 13.3. The normalized spacial score (nSPS) is 13.5. The highest BCUT2D eigenvalue weighted by Crippen LogP contribution is 2.38. The minimum atomic E-state index is -0.245. The molecule has 8 heteroatoms. The van der Waals surface area contributed by atoms with Crippen LogP contribution >= 0.6 is 0 Å². The highest BCUT2D eigenvalue weighted by molar-refractivity contribution is 6.37. The van der Waals surface area contributed by atoms with Gasteiger partial charge >= 0.3 is 0 Å². The predicted molar refractivity (Wildman–Crippen MR) is 158 cm³/mol. The number of nitrogens with one attached hydrogen (secondary N) is 3. The summed E-state index contributed by atoms with van der Waals surface area (Å²) >= 11 is 0. The fraction of sp³-hybridized carbons (Fsp3) is 0.258. The van der Waals surface area contributed by atoms with Crippen LogP contribution in [0.15, 0.2) is 72.8 Å².